The smallest absolute Gasteiger partial charge is 0.331 e. The van der Waals surface area contributed by atoms with Gasteiger partial charge in [0.05, 0.1) is 0 Å². The molecule has 3 nitrogen and oxygen atoms in total. The highest BCUT2D eigenvalue weighted by Gasteiger charge is 2.24. The first-order valence-corrected chi connectivity index (χ1v) is 7.13. The second-order valence-electron chi connectivity index (χ2n) is 5.06. The van der Waals surface area contributed by atoms with E-state index in [1.807, 2.05) is 60.7 Å². The number of benzene rings is 2. The molecule has 1 heterocycles. The number of esters is 1. The van der Waals surface area contributed by atoms with Crippen LogP contribution in [0.5, 0.6) is 0 Å². The normalized spacial score (nSPS) is 17.9. The van der Waals surface area contributed by atoms with Crippen molar-refractivity contribution in [2.45, 2.75) is 12.2 Å². The predicted molar refractivity (Wildman–Crippen MR) is 85.0 cm³/mol. The van der Waals surface area contributed by atoms with Crippen LogP contribution in [0.15, 0.2) is 78.9 Å². The predicted octanol–water partition coefficient (Wildman–Crippen LogP) is 2.96. The van der Waals surface area contributed by atoms with E-state index < -0.39 is 18.2 Å². The fourth-order valence-electron chi connectivity index (χ4n) is 2.43. The Bertz CT molecular complexity index is 660. The highest BCUT2D eigenvalue weighted by Crippen LogP contribution is 2.25. The molecule has 0 bridgehead atoms. The molecular weight excluding hydrogens is 276 g/mol. The number of cyclic esters (lactones) is 1. The molecule has 0 radical (unpaired) electrons. The van der Waals surface area contributed by atoms with Gasteiger partial charge in [-0.2, -0.15) is 0 Å². The van der Waals surface area contributed by atoms with Crippen LogP contribution in [0.25, 0.3) is 5.57 Å². The average molecular weight is 292 g/mol. The molecule has 110 valence electrons. The van der Waals surface area contributed by atoms with Crippen molar-refractivity contribution >= 4 is 11.5 Å². The van der Waals surface area contributed by atoms with E-state index in [9.17, 15) is 9.90 Å². The van der Waals surface area contributed by atoms with E-state index in [2.05, 4.69) is 0 Å². The van der Waals surface area contributed by atoms with Crippen LogP contribution in [0.3, 0.4) is 0 Å². The maximum Gasteiger partial charge on any atom is 0.331 e. The molecule has 2 unspecified atom stereocenters. The molecule has 1 N–H and O–H groups in total. The number of rotatable bonds is 4. The molecule has 2 aromatic carbocycles. The fourth-order valence-corrected chi connectivity index (χ4v) is 2.43. The maximum absolute atomic E-state index is 11.1. The minimum Gasteiger partial charge on any atom is -0.452 e. The zero-order valence-electron chi connectivity index (χ0n) is 11.9. The van der Waals surface area contributed by atoms with Gasteiger partial charge in [-0.1, -0.05) is 60.7 Å². The molecule has 0 saturated heterocycles. The fraction of sp³-hybridized carbons (Fsp3) is 0.105. The summed E-state index contributed by atoms with van der Waals surface area (Å²) >= 11 is 0. The van der Waals surface area contributed by atoms with Crippen LogP contribution in [0.4, 0.5) is 0 Å². The highest BCUT2D eigenvalue weighted by molar-refractivity contribution is 5.85. The van der Waals surface area contributed by atoms with Gasteiger partial charge in [0.1, 0.15) is 6.10 Å². The summed E-state index contributed by atoms with van der Waals surface area (Å²) in [4.78, 5) is 11.1. The molecule has 0 amide bonds. The van der Waals surface area contributed by atoms with Crippen LogP contribution < -0.4 is 0 Å². The summed E-state index contributed by atoms with van der Waals surface area (Å²) < 4.78 is 5.05. The third kappa shape index (κ3) is 3.15. The number of hydrogen-bond acceptors (Lipinski definition) is 3. The Morgan fingerprint density at radius 1 is 1.00 bits per heavy atom. The Kier molecular flexibility index (Phi) is 4.17. The number of carbonyl (C=O) groups is 1. The van der Waals surface area contributed by atoms with E-state index in [1.54, 1.807) is 12.2 Å². The van der Waals surface area contributed by atoms with Crippen molar-refractivity contribution in [3.63, 3.8) is 0 Å². The number of aliphatic hydroxyl groups excluding tert-OH is 1. The Balaban J connectivity index is 1.97. The number of hydrogen-bond donors (Lipinski definition) is 1. The molecule has 1 aliphatic rings. The van der Waals surface area contributed by atoms with E-state index in [-0.39, 0.29) is 0 Å². The molecule has 1 aliphatic heterocycles. The summed E-state index contributed by atoms with van der Waals surface area (Å²) in [7, 11) is 0. The summed E-state index contributed by atoms with van der Waals surface area (Å²) in [6, 6.07) is 19.7. The van der Waals surface area contributed by atoms with E-state index in [0.717, 1.165) is 16.7 Å². The molecule has 0 aromatic heterocycles. The van der Waals surface area contributed by atoms with Gasteiger partial charge in [0.2, 0.25) is 0 Å². The van der Waals surface area contributed by atoms with Crippen LogP contribution in [0.2, 0.25) is 0 Å². The Morgan fingerprint density at radius 3 is 2.00 bits per heavy atom. The van der Waals surface area contributed by atoms with Crippen LogP contribution in [-0.4, -0.2) is 23.3 Å². The van der Waals surface area contributed by atoms with Gasteiger partial charge in [0, 0.05) is 6.08 Å². The van der Waals surface area contributed by atoms with E-state index >= 15 is 0 Å². The summed E-state index contributed by atoms with van der Waals surface area (Å²) in [5.41, 5.74) is 2.91. The molecule has 0 aliphatic carbocycles. The maximum atomic E-state index is 11.1. The topological polar surface area (TPSA) is 46.5 Å². The van der Waals surface area contributed by atoms with E-state index in [4.69, 9.17) is 4.74 Å². The molecule has 3 rings (SSSR count). The summed E-state index contributed by atoms with van der Waals surface area (Å²) in [5.74, 6) is -0.418. The first-order chi connectivity index (χ1) is 10.7. The second kappa shape index (κ2) is 6.41. The van der Waals surface area contributed by atoms with Crippen molar-refractivity contribution in [3.05, 3.63) is 90.0 Å². The molecular formula is C19H16O3. The van der Waals surface area contributed by atoms with Crippen LogP contribution in [-0.2, 0) is 9.53 Å². The summed E-state index contributed by atoms with van der Waals surface area (Å²) in [5, 5.41) is 10.4. The van der Waals surface area contributed by atoms with Crippen molar-refractivity contribution in [1.82, 2.24) is 0 Å². The van der Waals surface area contributed by atoms with Gasteiger partial charge in [-0.3, -0.25) is 0 Å². The van der Waals surface area contributed by atoms with E-state index in [0.29, 0.717) is 0 Å². The number of ether oxygens (including phenoxy) is 1. The van der Waals surface area contributed by atoms with Crippen LogP contribution in [0, 0.1) is 0 Å². The highest BCUT2D eigenvalue weighted by atomic mass is 16.6. The molecule has 2 atom stereocenters. The van der Waals surface area contributed by atoms with Gasteiger partial charge in [-0.05, 0) is 28.9 Å². The molecule has 0 saturated carbocycles. The summed E-state index contributed by atoms with van der Waals surface area (Å²) in [6.07, 6.45) is 3.13. The van der Waals surface area contributed by atoms with Crippen LogP contribution in [0.1, 0.15) is 11.1 Å². The van der Waals surface area contributed by atoms with Gasteiger partial charge >= 0.3 is 5.97 Å². The Morgan fingerprint density at radius 2 is 1.55 bits per heavy atom. The lowest BCUT2D eigenvalue weighted by Gasteiger charge is -2.16. The lowest BCUT2D eigenvalue weighted by atomic mass is 9.95. The third-order valence-electron chi connectivity index (χ3n) is 3.52. The summed E-state index contributed by atoms with van der Waals surface area (Å²) in [6.45, 7) is 0. The quantitative estimate of drug-likeness (QED) is 0.881. The van der Waals surface area contributed by atoms with Gasteiger partial charge in [-0.25, -0.2) is 4.79 Å². The van der Waals surface area contributed by atoms with Gasteiger partial charge in [0.25, 0.3) is 0 Å². The van der Waals surface area contributed by atoms with Crippen molar-refractivity contribution in [2.24, 2.45) is 0 Å². The van der Waals surface area contributed by atoms with Crippen molar-refractivity contribution < 1.29 is 14.6 Å². The minimum atomic E-state index is -0.891. The van der Waals surface area contributed by atoms with Gasteiger partial charge in [0.15, 0.2) is 6.10 Å². The zero-order valence-corrected chi connectivity index (χ0v) is 11.9. The molecule has 2 aromatic rings. The third-order valence-corrected chi connectivity index (χ3v) is 3.52. The number of carbonyl (C=O) groups excluding carboxylic acids is 1. The lowest BCUT2D eigenvalue weighted by Crippen LogP contribution is -2.24. The van der Waals surface area contributed by atoms with Crippen LogP contribution >= 0.6 is 0 Å². The standard InChI is InChI=1S/C19H16O3/c20-17(18-11-12-19(21)22-18)13-16(14-7-3-1-4-8-14)15-9-5-2-6-10-15/h1-13,17-18,20H. The average Bonchev–Trinajstić information content (AvgIpc) is 3.01. The minimum absolute atomic E-state index is 0.418. The van der Waals surface area contributed by atoms with Gasteiger partial charge in [-0.15, -0.1) is 0 Å². The van der Waals surface area contributed by atoms with Gasteiger partial charge < -0.3 is 9.84 Å². The molecule has 0 spiro atoms. The Labute approximate surface area is 129 Å². The first-order valence-electron chi connectivity index (χ1n) is 7.13. The SMILES string of the molecule is O=C1C=CC(C(O)C=C(c2ccccc2)c2ccccc2)O1. The van der Waals surface area contributed by atoms with Crippen molar-refractivity contribution in [3.8, 4) is 0 Å². The first kappa shape index (κ1) is 14.3. The molecule has 22 heavy (non-hydrogen) atoms. The number of aliphatic hydroxyl groups is 1. The van der Waals surface area contributed by atoms with E-state index in [1.165, 1.54) is 6.08 Å². The van der Waals surface area contributed by atoms with Crippen molar-refractivity contribution in [2.75, 3.05) is 0 Å². The van der Waals surface area contributed by atoms with Crippen molar-refractivity contribution in [1.29, 1.82) is 0 Å². The zero-order chi connectivity index (χ0) is 15.4. The molecule has 3 heteroatoms. The molecule has 0 fully saturated rings. The monoisotopic (exact) mass is 292 g/mol. The largest absolute Gasteiger partial charge is 0.452 e. The second-order valence-corrected chi connectivity index (χ2v) is 5.06. The lowest BCUT2D eigenvalue weighted by molar-refractivity contribution is -0.141. The Hall–Kier alpha value is -2.65.